The van der Waals surface area contributed by atoms with Crippen molar-refractivity contribution in [1.82, 2.24) is 10.2 Å². The van der Waals surface area contributed by atoms with E-state index in [1.54, 1.807) is 36.4 Å². The molecule has 0 spiro atoms. The van der Waals surface area contributed by atoms with Gasteiger partial charge in [0.05, 0.1) is 10.6 Å². The zero-order valence-corrected chi connectivity index (χ0v) is 28.3. The second-order valence-corrected chi connectivity index (χ2v) is 13.9. The molecule has 4 aromatic carbocycles. The maximum Gasteiger partial charge on any atom is 0.264 e. The van der Waals surface area contributed by atoms with Crippen molar-refractivity contribution in [2.45, 2.75) is 70.9 Å². The Morgan fingerprint density at radius 3 is 1.91 bits per heavy atom. The van der Waals surface area contributed by atoms with Gasteiger partial charge in [0.25, 0.3) is 10.0 Å². The number of nitrogens with one attached hydrogen (secondary N) is 1. The van der Waals surface area contributed by atoms with Gasteiger partial charge in [-0.1, -0.05) is 111 Å². The molecule has 0 saturated heterocycles. The van der Waals surface area contributed by atoms with Crippen molar-refractivity contribution in [3.63, 3.8) is 0 Å². The van der Waals surface area contributed by atoms with Gasteiger partial charge in [-0.15, -0.1) is 0 Å². The van der Waals surface area contributed by atoms with Crippen LogP contribution >= 0.6 is 0 Å². The Hall–Kier alpha value is -4.43. The van der Waals surface area contributed by atoms with E-state index in [1.165, 1.54) is 4.90 Å². The van der Waals surface area contributed by atoms with Crippen LogP contribution in [0.3, 0.4) is 0 Å². The third-order valence-corrected chi connectivity index (χ3v) is 9.82. The smallest absolute Gasteiger partial charge is 0.264 e. The lowest BCUT2D eigenvalue weighted by molar-refractivity contribution is -0.140. The SMILES string of the molecule is CCCNC(=O)C(Cc1ccccc1)N(Cc1ccc(C)cc1)C(=O)CN(c1ccc(C(C)C)cc1)S(=O)(=O)c1ccc(C)cc1. The highest BCUT2D eigenvalue weighted by atomic mass is 32.2. The van der Waals surface area contributed by atoms with Crippen molar-refractivity contribution in [1.29, 1.82) is 0 Å². The summed E-state index contributed by atoms with van der Waals surface area (Å²) in [6, 6.07) is 30.4. The molecular formula is C38H45N3O4S. The Balaban J connectivity index is 1.80. The molecule has 4 aromatic rings. The topological polar surface area (TPSA) is 86.8 Å². The molecular weight excluding hydrogens is 595 g/mol. The molecule has 0 saturated carbocycles. The van der Waals surface area contributed by atoms with Gasteiger partial charge >= 0.3 is 0 Å². The standard InChI is InChI=1S/C38H45N3O4S/c1-6-24-39-38(43)36(25-31-10-8-7-9-11-31)40(26-32-16-12-29(4)13-17-32)37(42)27-41(34-20-18-33(19-21-34)28(2)3)46(44,45)35-22-14-30(5)15-23-35/h7-23,28,36H,6,24-27H2,1-5H3,(H,39,43). The lowest BCUT2D eigenvalue weighted by Gasteiger charge is -2.34. The van der Waals surface area contributed by atoms with E-state index in [2.05, 4.69) is 19.2 Å². The van der Waals surface area contributed by atoms with Gasteiger partial charge in [0.15, 0.2) is 0 Å². The van der Waals surface area contributed by atoms with Gasteiger partial charge in [0.1, 0.15) is 12.6 Å². The summed E-state index contributed by atoms with van der Waals surface area (Å²) < 4.78 is 29.6. The monoisotopic (exact) mass is 639 g/mol. The molecule has 4 rings (SSSR count). The quantitative estimate of drug-likeness (QED) is 0.165. The highest BCUT2D eigenvalue weighted by Crippen LogP contribution is 2.27. The molecule has 0 aromatic heterocycles. The first-order chi connectivity index (χ1) is 22.0. The van der Waals surface area contributed by atoms with Crippen molar-refractivity contribution in [3.05, 3.63) is 131 Å². The van der Waals surface area contributed by atoms with E-state index >= 15 is 0 Å². The average Bonchev–Trinajstić information content (AvgIpc) is 3.05. The fourth-order valence-corrected chi connectivity index (χ4v) is 6.62. The number of hydrogen-bond acceptors (Lipinski definition) is 4. The Labute approximate surface area is 274 Å². The van der Waals surface area contributed by atoms with Crippen LogP contribution in [0.1, 0.15) is 60.9 Å². The zero-order chi connectivity index (χ0) is 33.3. The summed E-state index contributed by atoms with van der Waals surface area (Å²) in [5.74, 6) is -0.500. The average molecular weight is 640 g/mol. The minimum atomic E-state index is -4.14. The molecule has 8 heteroatoms. The highest BCUT2D eigenvalue weighted by molar-refractivity contribution is 7.92. The summed E-state index contributed by atoms with van der Waals surface area (Å²) in [5, 5.41) is 2.98. The maximum atomic E-state index is 14.6. The third kappa shape index (κ3) is 8.85. The van der Waals surface area contributed by atoms with Crippen molar-refractivity contribution in [3.8, 4) is 0 Å². The number of sulfonamides is 1. The summed E-state index contributed by atoms with van der Waals surface area (Å²) in [6.45, 7) is 10.1. The highest BCUT2D eigenvalue weighted by Gasteiger charge is 2.34. The van der Waals surface area contributed by atoms with E-state index in [9.17, 15) is 18.0 Å². The van der Waals surface area contributed by atoms with Crippen molar-refractivity contribution >= 4 is 27.5 Å². The first-order valence-corrected chi connectivity index (χ1v) is 17.3. The number of carbonyl (C=O) groups is 2. The fourth-order valence-electron chi connectivity index (χ4n) is 5.20. The third-order valence-electron chi connectivity index (χ3n) is 8.03. The van der Waals surface area contributed by atoms with Crippen LogP contribution in [0.25, 0.3) is 0 Å². The van der Waals surface area contributed by atoms with Gasteiger partial charge in [-0.25, -0.2) is 8.42 Å². The Morgan fingerprint density at radius 2 is 1.35 bits per heavy atom. The first-order valence-electron chi connectivity index (χ1n) is 15.9. The molecule has 0 radical (unpaired) electrons. The van der Waals surface area contributed by atoms with Crippen LogP contribution in [0.4, 0.5) is 5.69 Å². The van der Waals surface area contributed by atoms with Gasteiger partial charge in [-0.3, -0.25) is 13.9 Å². The summed E-state index contributed by atoms with van der Waals surface area (Å²) in [4.78, 5) is 29.9. The van der Waals surface area contributed by atoms with Gasteiger partial charge in [-0.05, 0) is 67.1 Å². The van der Waals surface area contributed by atoms with Crippen molar-refractivity contribution < 1.29 is 18.0 Å². The molecule has 7 nitrogen and oxygen atoms in total. The number of benzene rings is 4. The summed E-state index contributed by atoms with van der Waals surface area (Å²) in [5.41, 5.74) is 5.17. The molecule has 0 heterocycles. The number of hydrogen-bond donors (Lipinski definition) is 1. The van der Waals surface area contributed by atoms with Gasteiger partial charge in [0.2, 0.25) is 11.8 Å². The molecule has 0 bridgehead atoms. The molecule has 46 heavy (non-hydrogen) atoms. The molecule has 1 unspecified atom stereocenters. The van der Waals surface area contributed by atoms with Crippen LogP contribution in [0.5, 0.6) is 0 Å². The van der Waals surface area contributed by atoms with E-state index in [0.29, 0.717) is 12.2 Å². The molecule has 0 aliphatic rings. The van der Waals surface area contributed by atoms with Gasteiger partial charge in [0, 0.05) is 19.5 Å². The van der Waals surface area contributed by atoms with Gasteiger partial charge < -0.3 is 10.2 Å². The molecule has 1 N–H and O–H groups in total. The normalized spacial score (nSPS) is 12.0. The Bertz CT molecular complexity index is 1690. The van der Waals surface area contributed by atoms with E-state index in [0.717, 1.165) is 38.5 Å². The second-order valence-electron chi connectivity index (χ2n) is 12.1. The predicted molar refractivity (Wildman–Crippen MR) is 185 cm³/mol. The van der Waals surface area contributed by atoms with Gasteiger partial charge in [-0.2, -0.15) is 0 Å². The molecule has 2 amide bonds. The van der Waals surface area contributed by atoms with Crippen LogP contribution in [0.2, 0.25) is 0 Å². The van der Waals surface area contributed by atoms with Crippen molar-refractivity contribution in [2.75, 3.05) is 17.4 Å². The number of rotatable bonds is 14. The van der Waals surface area contributed by atoms with Crippen LogP contribution in [0.15, 0.2) is 108 Å². The van der Waals surface area contributed by atoms with Crippen LogP contribution in [-0.2, 0) is 32.6 Å². The van der Waals surface area contributed by atoms with Crippen LogP contribution in [-0.4, -0.2) is 44.3 Å². The minimum absolute atomic E-state index is 0.0884. The molecule has 242 valence electrons. The molecule has 0 aliphatic carbocycles. The zero-order valence-electron chi connectivity index (χ0n) is 27.4. The van der Waals surface area contributed by atoms with Crippen LogP contribution < -0.4 is 9.62 Å². The van der Waals surface area contributed by atoms with Crippen LogP contribution in [0, 0.1) is 13.8 Å². The predicted octanol–water partition coefficient (Wildman–Crippen LogP) is 6.79. The fraction of sp³-hybridized carbons (Fsp3) is 0.316. The summed E-state index contributed by atoms with van der Waals surface area (Å²) in [7, 11) is -4.14. The van der Waals surface area contributed by atoms with E-state index in [4.69, 9.17) is 0 Å². The molecule has 1 atom stereocenters. The van der Waals surface area contributed by atoms with Crippen molar-refractivity contribution in [2.24, 2.45) is 0 Å². The van der Waals surface area contributed by atoms with E-state index in [-0.39, 0.29) is 29.7 Å². The summed E-state index contributed by atoms with van der Waals surface area (Å²) >= 11 is 0. The minimum Gasteiger partial charge on any atom is -0.354 e. The summed E-state index contributed by atoms with van der Waals surface area (Å²) in [6.07, 6.45) is 1.02. The number of carbonyl (C=O) groups excluding carboxylic acids is 2. The first kappa shape index (κ1) is 34.4. The van der Waals surface area contributed by atoms with E-state index < -0.39 is 28.5 Å². The maximum absolute atomic E-state index is 14.6. The number of nitrogens with zero attached hydrogens (tertiary/aromatic N) is 2. The lowest BCUT2D eigenvalue weighted by atomic mass is 10.0. The number of amides is 2. The molecule has 0 fully saturated rings. The lowest BCUT2D eigenvalue weighted by Crippen LogP contribution is -2.53. The largest absolute Gasteiger partial charge is 0.354 e. The second kappa shape index (κ2) is 15.7. The number of aryl methyl sites for hydroxylation is 2. The van der Waals surface area contributed by atoms with E-state index in [1.807, 2.05) is 87.5 Å². The molecule has 0 aliphatic heterocycles. The Morgan fingerprint density at radius 1 is 0.761 bits per heavy atom. The Kier molecular flexibility index (Phi) is 11.8. The number of anilines is 1.